The molecule has 0 heterocycles. The van der Waals surface area contributed by atoms with Crippen LogP contribution < -0.4 is 0 Å². The summed E-state index contributed by atoms with van der Waals surface area (Å²) < 4.78 is 0. The Kier molecular flexibility index (Phi) is 10.3. The zero-order valence-electron chi connectivity index (χ0n) is 6.06. The SMILES string of the molecule is [I][Pt+2][I].[NH-]CC1CCC1C[NH-]. The fraction of sp³-hybridized carbons (Fsp3) is 1.00. The van der Waals surface area contributed by atoms with Gasteiger partial charge in [-0.2, -0.15) is 0 Å². The fourth-order valence-corrected chi connectivity index (χ4v) is 1.18. The number of hydrogen-bond acceptors (Lipinski definition) is 0. The van der Waals surface area contributed by atoms with E-state index in [1.165, 1.54) is 12.8 Å². The van der Waals surface area contributed by atoms with Gasteiger partial charge in [-0.15, -0.1) is 13.1 Å². The molecule has 0 aliphatic heterocycles. The summed E-state index contributed by atoms with van der Waals surface area (Å²) in [6.45, 7) is 1.09. The average molecular weight is 561 g/mol. The molecule has 1 fully saturated rings. The van der Waals surface area contributed by atoms with Gasteiger partial charge in [0.2, 0.25) is 0 Å². The van der Waals surface area contributed by atoms with Crippen molar-refractivity contribution in [3.63, 3.8) is 0 Å². The van der Waals surface area contributed by atoms with Gasteiger partial charge < -0.3 is 11.5 Å². The van der Waals surface area contributed by atoms with E-state index in [0.29, 0.717) is 36.1 Å². The van der Waals surface area contributed by atoms with E-state index in [-0.39, 0.29) is 0 Å². The zero-order valence-corrected chi connectivity index (χ0v) is 12.6. The summed E-state index contributed by atoms with van der Waals surface area (Å²) in [5.41, 5.74) is 14.0. The van der Waals surface area contributed by atoms with Crippen molar-refractivity contribution in [3.8, 4) is 0 Å². The Hall–Kier alpha value is 2.07. The van der Waals surface area contributed by atoms with Gasteiger partial charge >= 0.3 is 49.9 Å². The Morgan fingerprint density at radius 3 is 1.45 bits per heavy atom. The number of nitrogens with one attached hydrogen (secondary N) is 2. The van der Waals surface area contributed by atoms with Crippen LogP contribution in [0, 0.1) is 11.8 Å². The van der Waals surface area contributed by atoms with Gasteiger partial charge in [0.25, 0.3) is 0 Å². The summed E-state index contributed by atoms with van der Waals surface area (Å²) >= 11 is 5.30. The minimum atomic E-state index is 0.523. The zero-order chi connectivity index (χ0) is 8.69. The summed E-state index contributed by atoms with van der Waals surface area (Å²) in [6, 6.07) is 0. The molecule has 2 N–H and O–H groups in total. The Bertz CT molecular complexity index is 80.7. The third-order valence-electron chi connectivity index (χ3n) is 2.10. The molecule has 2 unspecified atom stereocenters. The molecule has 0 spiro atoms. The molecule has 1 saturated carbocycles. The number of halogens is 2. The normalized spacial score (nSPS) is 28.7. The molecule has 0 aromatic carbocycles. The molecular weight excluding hydrogens is 549 g/mol. The summed E-state index contributed by atoms with van der Waals surface area (Å²) in [6.07, 6.45) is 2.40. The van der Waals surface area contributed by atoms with Gasteiger partial charge in [0.1, 0.15) is 0 Å². The predicted octanol–water partition coefficient (Wildman–Crippen LogP) is 3.89. The van der Waals surface area contributed by atoms with Crippen LogP contribution in [0.4, 0.5) is 0 Å². The maximum Gasteiger partial charge on any atom is -0.0517 e. The first kappa shape index (κ1) is 13.1. The first-order valence-corrected chi connectivity index (χ1v) is 16.3. The van der Waals surface area contributed by atoms with Crippen LogP contribution in [0.3, 0.4) is 0 Å². The number of hydrogen-bond donors (Lipinski definition) is 0. The third-order valence-corrected chi connectivity index (χ3v) is 2.10. The Morgan fingerprint density at radius 2 is 1.36 bits per heavy atom. The fourth-order valence-electron chi connectivity index (χ4n) is 1.18. The minimum Gasteiger partial charge on any atom is -0.677 e. The van der Waals surface area contributed by atoms with Crippen LogP contribution in [-0.2, 0) is 11.2 Å². The van der Waals surface area contributed by atoms with E-state index in [2.05, 4.69) is 38.7 Å². The first-order chi connectivity index (χ1) is 5.29. The van der Waals surface area contributed by atoms with Crippen molar-refractivity contribution < 1.29 is 11.2 Å². The monoisotopic (exact) mass is 561 g/mol. The second kappa shape index (κ2) is 8.66. The van der Waals surface area contributed by atoms with Crippen molar-refractivity contribution >= 4 is 38.7 Å². The van der Waals surface area contributed by atoms with Gasteiger partial charge in [-0.3, -0.25) is 0 Å². The van der Waals surface area contributed by atoms with Gasteiger partial charge in [0.05, 0.1) is 0 Å². The van der Waals surface area contributed by atoms with Crippen LogP contribution in [0.15, 0.2) is 0 Å². The van der Waals surface area contributed by atoms with E-state index in [1.54, 1.807) is 0 Å². The standard InChI is InChI=1S/C6H12N2.2HI.Pt/c7-3-5-1-2-6(5)4-8;;;/h5-8H,1-4H2;2*1H;/q-2;;;+4/p-2. The van der Waals surface area contributed by atoms with E-state index >= 15 is 0 Å². The van der Waals surface area contributed by atoms with Crippen LogP contribution in [0.5, 0.6) is 0 Å². The van der Waals surface area contributed by atoms with Crippen molar-refractivity contribution in [1.29, 1.82) is 0 Å². The van der Waals surface area contributed by atoms with Crippen molar-refractivity contribution in [3.05, 3.63) is 11.5 Å². The molecule has 1 aliphatic rings. The maximum atomic E-state index is 7.01. The maximum absolute atomic E-state index is 7.01. The molecule has 0 aromatic rings. The van der Waals surface area contributed by atoms with Crippen molar-refractivity contribution in [2.45, 2.75) is 12.8 Å². The van der Waals surface area contributed by atoms with E-state index in [9.17, 15) is 0 Å². The summed E-state index contributed by atoms with van der Waals surface area (Å²) in [5.74, 6) is 1.15. The molecule has 2 atom stereocenters. The van der Waals surface area contributed by atoms with Crippen LogP contribution >= 0.6 is 38.7 Å². The third kappa shape index (κ3) is 5.39. The predicted molar refractivity (Wildman–Crippen MR) is 62.6 cm³/mol. The van der Waals surface area contributed by atoms with E-state index in [0.717, 1.165) is 0 Å². The molecule has 2 nitrogen and oxygen atoms in total. The molecule has 1 aliphatic carbocycles. The van der Waals surface area contributed by atoms with Crippen molar-refractivity contribution in [2.24, 2.45) is 11.8 Å². The summed E-state index contributed by atoms with van der Waals surface area (Å²) in [4.78, 5) is 0. The first-order valence-electron chi connectivity index (χ1n) is 3.41. The van der Waals surface area contributed by atoms with Crippen LogP contribution in [-0.4, -0.2) is 13.1 Å². The second-order valence-corrected chi connectivity index (χ2v) is 19.1. The van der Waals surface area contributed by atoms with Gasteiger partial charge in [-0.05, 0) is 0 Å². The molecule has 0 aromatic heterocycles. The molecule has 70 valence electrons. The van der Waals surface area contributed by atoms with Crippen molar-refractivity contribution in [2.75, 3.05) is 13.1 Å². The minimum absolute atomic E-state index is 0.523. The van der Waals surface area contributed by atoms with Gasteiger partial charge in [-0.1, -0.05) is 24.7 Å². The van der Waals surface area contributed by atoms with Crippen LogP contribution in [0.2, 0.25) is 0 Å². The molecule has 11 heavy (non-hydrogen) atoms. The van der Waals surface area contributed by atoms with E-state index < -0.39 is 0 Å². The molecule has 0 radical (unpaired) electrons. The molecule has 0 saturated heterocycles. The largest absolute Gasteiger partial charge is 0.677 e. The molecule has 5 heteroatoms. The van der Waals surface area contributed by atoms with Gasteiger partial charge in [-0.25, -0.2) is 0 Å². The summed E-state index contributed by atoms with van der Waals surface area (Å²) in [5, 5.41) is 0. The molecule has 1 rings (SSSR count). The summed E-state index contributed by atoms with van der Waals surface area (Å²) in [7, 11) is 0. The Balaban J connectivity index is 0.000000292. The van der Waals surface area contributed by atoms with E-state index in [1.807, 2.05) is 0 Å². The quantitative estimate of drug-likeness (QED) is 0.460. The Labute approximate surface area is 97.8 Å². The van der Waals surface area contributed by atoms with Gasteiger partial charge in [0, 0.05) is 0 Å². The van der Waals surface area contributed by atoms with Crippen molar-refractivity contribution in [1.82, 2.24) is 0 Å². The second-order valence-electron chi connectivity index (χ2n) is 2.55. The number of rotatable bonds is 2. The van der Waals surface area contributed by atoms with E-state index in [4.69, 9.17) is 11.5 Å². The van der Waals surface area contributed by atoms with Crippen LogP contribution in [0.25, 0.3) is 11.5 Å². The Morgan fingerprint density at radius 1 is 1.09 bits per heavy atom. The molecule has 0 bridgehead atoms. The molecule has 0 amide bonds. The average Bonchev–Trinajstić information content (AvgIpc) is 1.89. The molecular formula is C6H12I2N2Pt. The van der Waals surface area contributed by atoms with Crippen LogP contribution in [0.1, 0.15) is 12.8 Å². The van der Waals surface area contributed by atoms with Gasteiger partial charge in [0.15, 0.2) is 0 Å². The smallest absolute Gasteiger partial charge is 0.0517 e. The topological polar surface area (TPSA) is 47.6 Å².